The Kier molecular flexibility index (Phi) is 6.69. The molecule has 2 amide bonds. The standard InChI is InChI=1S/C25H29N3O4S/c1-18(20-6-4-3-5-7-20)26-25(29)28(30)23-10-12-24(13-11-23)33(31,32)17-19-8-9-21-15-27(2)16-22(21)14-19/h4,6-14,18,30H,3,5,15-17H2,1-2H3,(H,26,29). The topological polar surface area (TPSA) is 90.0 Å². The van der Waals surface area contributed by atoms with Gasteiger partial charge >= 0.3 is 6.03 Å². The van der Waals surface area contributed by atoms with E-state index in [2.05, 4.69) is 22.4 Å². The molecule has 2 aromatic rings. The van der Waals surface area contributed by atoms with Crippen LogP contribution in [0.1, 0.15) is 36.5 Å². The molecule has 1 atom stereocenters. The second kappa shape index (κ2) is 9.51. The largest absolute Gasteiger partial charge is 0.346 e. The highest BCUT2D eigenvalue weighted by Gasteiger charge is 2.21. The number of fused-ring (bicyclic) bond motifs is 1. The number of hydrogen-bond donors (Lipinski definition) is 2. The number of hydroxylamine groups is 1. The summed E-state index contributed by atoms with van der Waals surface area (Å²) in [6, 6.07) is 10.6. The van der Waals surface area contributed by atoms with E-state index >= 15 is 0 Å². The molecule has 1 aliphatic heterocycles. The molecule has 33 heavy (non-hydrogen) atoms. The second-order valence-electron chi connectivity index (χ2n) is 8.70. The molecule has 2 aliphatic rings. The number of hydrogen-bond acceptors (Lipinski definition) is 5. The van der Waals surface area contributed by atoms with Gasteiger partial charge in [0, 0.05) is 13.1 Å². The van der Waals surface area contributed by atoms with Crippen LogP contribution in [0, 0.1) is 0 Å². The fraction of sp³-hybridized carbons (Fsp3) is 0.320. The first-order valence-corrected chi connectivity index (χ1v) is 12.7. The molecule has 2 aromatic carbocycles. The van der Waals surface area contributed by atoms with Crippen LogP contribution in [0.25, 0.3) is 0 Å². The molecular formula is C25H29N3O4S. The predicted octanol–water partition coefficient (Wildman–Crippen LogP) is 4.18. The number of nitrogens with zero attached hydrogens (tertiary/aromatic N) is 2. The fourth-order valence-electron chi connectivity index (χ4n) is 4.21. The summed E-state index contributed by atoms with van der Waals surface area (Å²) in [6.07, 6.45) is 7.98. The molecule has 1 aliphatic carbocycles. The molecule has 0 fully saturated rings. The van der Waals surface area contributed by atoms with E-state index in [4.69, 9.17) is 0 Å². The Morgan fingerprint density at radius 1 is 1.12 bits per heavy atom. The molecule has 4 rings (SSSR count). The number of nitrogens with one attached hydrogen (secondary N) is 1. The van der Waals surface area contributed by atoms with Crippen molar-refractivity contribution in [2.24, 2.45) is 0 Å². The Morgan fingerprint density at radius 2 is 1.85 bits per heavy atom. The third-order valence-corrected chi connectivity index (χ3v) is 7.71. The lowest BCUT2D eigenvalue weighted by Crippen LogP contribution is -2.43. The van der Waals surface area contributed by atoms with Gasteiger partial charge in [0.25, 0.3) is 0 Å². The van der Waals surface area contributed by atoms with Gasteiger partial charge in [-0.2, -0.15) is 5.06 Å². The van der Waals surface area contributed by atoms with Crippen LogP contribution in [0.15, 0.2) is 71.2 Å². The van der Waals surface area contributed by atoms with E-state index in [9.17, 15) is 18.4 Å². The Bertz CT molecular complexity index is 1200. The fourth-order valence-corrected chi connectivity index (χ4v) is 5.54. The highest BCUT2D eigenvalue weighted by molar-refractivity contribution is 7.90. The van der Waals surface area contributed by atoms with E-state index in [1.807, 2.05) is 38.2 Å². The maximum atomic E-state index is 12.9. The highest BCUT2D eigenvalue weighted by Crippen LogP contribution is 2.25. The maximum absolute atomic E-state index is 12.9. The zero-order chi connectivity index (χ0) is 23.6. The molecule has 0 saturated carbocycles. The van der Waals surface area contributed by atoms with Crippen LogP contribution in [0.4, 0.5) is 10.5 Å². The summed E-state index contributed by atoms with van der Waals surface area (Å²) in [5.74, 6) is -0.104. The summed E-state index contributed by atoms with van der Waals surface area (Å²) < 4.78 is 25.8. The second-order valence-corrected chi connectivity index (χ2v) is 10.7. The number of allylic oxidation sites excluding steroid dienone is 2. The first-order valence-electron chi connectivity index (χ1n) is 11.0. The van der Waals surface area contributed by atoms with Gasteiger partial charge in [-0.05, 0) is 73.3 Å². The van der Waals surface area contributed by atoms with Gasteiger partial charge in [0.15, 0.2) is 9.84 Å². The number of carbonyl (C=O) groups excluding carboxylic acids is 1. The van der Waals surface area contributed by atoms with Crippen LogP contribution in [-0.4, -0.2) is 37.6 Å². The Labute approximate surface area is 194 Å². The van der Waals surface area contributed by atoms with Crippen LogP contribution in [0.2, 0.25) is 0 Å². The number of sulfone groups is 1. The van der Waals surface area contributed by atoms with Crippen LogP contribution >= 0.6 is 0 Å². The summed E-state index contributed by atoms with van der Waals surface area (Å²) >= 11 is 0. The maximum Gasteiger partial charge on any atom is 0.346 e. The SMILES string of the molecule is CC(NC(=O)N(O)c1ccc(S(=O)(=O)Cc2ccc3c(c2)CN(C)C3)cc1)C1=CCCC=C1. The molecule has 0 saturated heterocycles. The first-order chi connectivity index (χ1) is 15.7. The van der Waals surface area contributed by atoms with Crippen molar-refractivity contribution in [2.45, 2.75) is 49.5 Å². The molecule has 1 unspecified atom stereocenters. The van der Waals surface area contributed by atoms with Gasteiger partial charge in [-0.15, -0.1) is 0 Å². The minimum atomic E-state index is -3.57. The normalized spacial score (nSPS) is 16.8. The minimum Gasteiger partial charge on any atom is -0.329 e. The summed E-state index contributed by atoms with van der Waals surface area (Å²) in [7, 11) is -1.53. The van der Waals surface area contributed by atoms with Crippen molar-refractivity contribution in [3.8, 4) is 0 Å². The molecule has 0 bridgehead atoms. The average molecular weight is 468 g/mol. The summed E-state index contributed by atoms with van der Waals surface area (Å²) in [4.78, 5) is 14.8. The Balaban J connectivity index is 1.41. The Hall–Kier alpha value is -2.94. The number of rotatable bonds is 6. The number of carbonyl (C=O) groups is 1. The quantitative estimate of drug-likeness (QED) is 0.492. The lowest BCUT2D eigenvalue weighted by molar-refractivity contribution is 0.203. The molecule has 0 radical (unpaired) electrons. The number of amides is 2. The smallest absolute Gasteiger partial charge is 0.329 e. The van der Waals surface area contributed by atoms with E-state index in [1.165, 1.54) is 29.8 Å². The van der Waals surface area contributed by atoms with E-state index in [-0.39, 0.29) is 22.4 Å². The molecule has 8 heteroatoms. The van der Waals surface area contributed by atoms with E-state index in [1.54, 1.807) is 0 Å². The van der Waals surface area contributed by atoms with Gasteiger partial charge < -0.3 is 5.32 Å². The molecule has 7 nitrogen and oxygen atoms in total. The average Bonchev–Trinajstić information content (AvgIpc) is 3.18. The lowest BCUT2D eigenvalue weighted by Gasteiger charge is -2.21. The zero-order valence-electron chi connectivity index (χ0n) is 18.9. The van der Waals surface area contributed by atoms with Crippen LogP contribution in [0.3, 0.4) is 0 Å². The van der Waals surface area contributed by atoms with Gasteiger partial charge in [-0.3, -0.25) is 10.1 Å². The summed E-state index contributed by atoms with van der Waals surface area (Å²) in [6.45, 7) is 3.54. The van der Waals surface area contributed by atoms with Crippen molar-refractivity contribution in [1.29, 1.82) is 0 Å². The third-order valence-electron chi connectivity index (χ3n) is 6.00. The van der Waals surface area contributed by atoms with Gasteiger partial charge in [0.05, 0.1) is 22.4 Å². The van der Waals surface area contributed by atoms with Crippen molar-refractivity contribution < 1.29 is 18.4 Å². The van der Waals surface area contributed by atoms with Crippen molar-refractivity contribution in [1.82, 2.24) is 10.2 Å². The van der Waals surface area contributed by atoms with Crippen molar-refractivity contribution in [3.05, 3.63) is 83.0 Å². The molecule has 0 spiro atoms. The molecular weight excluding hydrogens is 438 g/mol. The van der Waals surface area contributed by atoms with Gasteiger partial charge in [0.1, 0.15) is 0 Å². The van der Waals surface area contributed by atoms with Crippen LogP contribution in [-0.2, 0) is 28.7 Å². The zero-order valence-corrected chi connectivity index (χ0v) is 19.7. The van der Waals surface area contributed by atoms with E-state index in [0.29, 0.717) is 5.06 Å². The van der Waals surface area contributed by atoms with Crippen molar-refractivity contribution in [3.63, 3.8) is 0 Å². The molecule has 1 heterocycles. The van der Waals surface area contributed by atoms with Gasteiger partial charge in [0.2, 0.25) is 0 Å². The first kappa shape index (κ1) is 23.2. The van der Waals surface area contributed by atoms with Crippen LogP contribution < -0.4 is 10.4 Å². The monoisotopic (exact) mass is 467 g/mol. The summed E-state index contributed by atoms with van der Waals surface area (Å²) in [5, 5.41) is 13.5. The van der Waals surface area contributed by atoms with Crippen molar-refractivity contribution in [2.75, 3.05) is 12.1 Å². The Morgan fingerprint density at radius 3 is 2.55 bits per heavy atom. The molecule has 174 valence electrons. The number of anilines is 1. The van der Waals surface area contributed by atoms with Crippen LogP contribution in [0.5, 0.6) is 0 Å². The lowest BCUT2D eigenvalue weighted by atomic mass is 10.0. The summed E-state index contributed by atoms with van der Waals surface area (Å²) in [5.41, 5.74) is 4.32. The third kappa shape index (κ3) is 5.35. The van der Waals surface area contributed by atoms with E-state index in [0.717, 1.165) is 42.6 Å². The molecule has 0 aromatic heterocycles. The molecule has 2 N–H and O–H groups in total. The van der Waals surface area contributed by atoms with Crippen molar-refractivity contribution >= 4 is 21.6 Å². The highest BCUT2D eigenvalue weighted by atomic mass is 32.2. The minimum absolute atomic E-state index is 0.104. The van der Waals surface area contributed by atoms with Gasteiger partial charge in [-0.1, -0.05) is 36.4 Å². The number of urea groups is 1. The van der Waals surface area contributed by atoms with Gasteiger partial charge in [-0.25, -0.2) is 13.2 Å². The number of benzene rings is 2. The van der Waals surface area contributed by atoms with E-state index < -0.39 is 15.9 Å². The predicted molar refractivity (Wildman–Crippen MR) is 128 cm³/mol.